The summed E-state index contributed by atoms with van der Waals surface area (Å²) in [5.74, 6) is 0. The molecule has 84 valence electrons. The molecule has 0 aromatic carbocycles. The summed E-state index contributed by atoms with van der Waals surface area (Å²) >= 11 is 0. The summed E-state index contributed by atoms with van der Waals surface area (Å²) in [4.78, 5) is 2.35. The average molecular weight is 202 g/mol. The fraction of sp³-hybridized carbons (Fsp3) is 1.00. The third-order valence-electron chi connectivity index (χ3n) is 2.53. The maximum atomic E-state index is 9.03. The predicted octanol–water partition coefficient (Wildman–Crippen LogP) is -0.193. The highest BCUT2D eigenvalue weighted by Crippen LogP contribution is 2.11. The molecule has 3 N–H and O–H groups in total. The Hall–Kier alpha value is -0.160. The molecule has 0 bridgehead atoms. The van der Waals surface area contributed by atoms with E-state index in [0.29, 0.717) is 0 Å². The lowest BCUT2D eigenvalue weighted by Crippen LogP contribution is -2.48. The Morgan fingerprint density at radius 3 is 2.86 bits per heavy atom. The summed E-state index contributed by atoms with van der Waals surface area (Å²) in [6.45, 7) is 5.84. The first-order chi connectivity index (χ1) is 6.76. The van der Waals surface area contributed by atoms with Crippen LogP contribution >= 0.6 is 0 Å². The van der Waals surface area contributed by atoms with Crippen LogP contribution in [-0.4, -0.2) is 55.0 Å². The minimum Gasteiger partial charge on any atom is -0.394 e. The number of hydrogen-bond acceptors (Lipinski definition) is 4. The number of unbranched alkanes of at least 4 members (excludes halogenated alkanes) is 1. The van der Waals surface area contributed by atoms with Crippen molar-refractivity contribution in [3.63, 3.8) is 0 Å². The largest absolute Gasteiger partial charge is 0.394 e. The number of morpholine rings is 1. The lowest BCUT2D eigenvalue weighted by molar-refractivity contribution is -0.0952. The van der Waals surface area contributed by atoms with E-state index in [0.717, 1.165) is 39.0 Å². The van der Waals surface area contributed by atoms with E-state index in [9.17, 15) is 0 Å². The number of rotatable bonds is 5. The van der Waals surface area contributed by atoms with Crippen molar-refractivity contribution in [3.05, 3.63) is 0 Å². The molecule has 1 heterocycles. The first kappa shape index (κ1) is 11.9. The van der Waals surface area contributed by atoms with Crippen LogP contribution in [0, 0.1) is 0 Å². The monoisotopic (exact) mass is 202 g/mol. The van der Waals surface area contributed by atoms with Gasteiger partial charge in [0.2, 0.25) is 0 Å². The molecular weight excluding hydrogens is 180 g/mol. The standard InChI is InChI=1S/C10H22N2O2/c1-9-6-12(5-3-2-4-11)7-10(8-13)14-9/h9-10,13H,2-8,11H2,1H3. The van der Waals surface area contributed by atoms with Crippen molar-refractivity contribution in [2.45, 2.75) is 32.0 Å². The third kappa shape index (κ3) is 3.92. The predicted molar refractivity (Wildman–Crippen MR) is 56.1 cm³/mol. The van der Waals surface area contributed by atoms with Gasteiger partial charge in [0.25, 0.3) is 0 Å². The first-order valence-electron chi connectivity index (χ1n) is 5.45. The minimum atomic E-state index is -0.00312. The number of aliphatic hydroxyl groups excluding tert-OH is 1. The van der Waals surface area contributed by atoms with Crippen LogP contribution in [0.25, 0.3) is 0 Å². The molecule has 0 radical (unpaired) electrons. The lowest BCUT2D eigenvalue weighted by atomic mass is 10.2. The molecule has 0 amide bonds. The van der Waals surface area contributed by atoms with Crippen molar-refractivity contribution in [1.29, 1.82) is 0 Å². The molecule has 1 rings (SSSR count). The zero-order valence-electron chi connectivity index (χ0n) is 8.98. The summed E-state index contributed by atoms with van der Waals surface area (Å²) < 4.78 is 5.56. The number of hydrogen-bond donors (Lipinski definition) is 2. The van der Waals surface area contributed by atoms with Crippen molar-refractivity contribution in [3.8, 4) is 0 Å². The van der Waals surface area contributed by atoms with Crippen molar-refractivity contribution in [1.82, 2.24) is 4.90 Å². The van der Waals surface area contributed by atoms with E-state index in [4.69, 9.17) is 15.6 Å². The Morgan fingerprint density at radius 1 is 1.43 bits per heavy atom. The maximum Gasteiger partial charge on any atom is 0.0936 e. The van der Waals surface area contributed by atoms with Crippen molar-refractivity contribution >= 4 is 0 Å². The fourth-order valence-corrected chi connectivity index (χ4v) is 1.90. The van der Waals surface area contributed by atoms with Gasteiger partial charge in [0, 0.05) is 13.1 Å². The van der Waals surface area contributed by atoms with Crippen LogP contribution in [0.2, 0.25) is 0 Å². The van der Waals surface area contributed by atoms with Crippen LogP contribution in [0.1, 0.15) is 19.8 Å². The van der Waals surface area contributed by atoms with Gasteiger partial charge in [-0.2, -0.15) is 0 Å². The van der Waals surface area contributed by atoms with Gasteiger partial charge >= 0.3 is 0 Å². The second-order valence-corrected chi connectivity index (χ2v) is 4.01. The van der Waals surface area contributed by atoms with Crippen LogP contribution < -0.4 is 5.73 Å². The van der Waals surface area contributed by atoms with Crippen molar-refractivity contribution < 1.29 is 9.84 Å². The van der Waals surface area contributed by atoms with Gasteiger partial charge in [0.05, 0.1) is 18.8 Å². The summed E-state index contributed by atoms with van der Waals surface area (Å²) in [5.41, 5.74) is 5.44. The van der Waals surface area contributed by atoms with Crippen LogP contribution in [0.4, 0.5) is 0 Å². The fourth-order valence-electron chi connectivity index (χ4n) is 1.90. The van der Waals surface area contributed by atoms with E-state index >= 15 is 0 Å². The third-order valence-corrected chi connectivity index (χ3v) is 2.53. The van der Waals surface area contributed by atoms with Gasteiger partial charge in [-0.25, -0.2) is 0 Å². The number of nitrogens with zero attached hydrogens (tertiary/aromatic N) is 1. The Kier molecular flexibility index (Phi) is 5.40. The van der Waals surface area contributed by atoms with E-state index in [1.165, 1.54) is 0 Å². The van der Waals surface area contributed by atoms with Crippen molar-refractivity contribution in [2.24, 2.45) is 5.73 Å². The highest BCUT2D eigenvalue weighted by atomic mass is 16.5. The molecule has 4 heteroatoms. The van der Waals surface area contributed by atoms with Crippen molar-refractivity contribution in [2.75, 3.05) is 32.8 Å². The van der Waals surface area contributed by atoms with Gasteiger partial charge in [-0.05, 0) is 32.9 Å². The van der Waals surface area contributed by atoms with Crippen LogP contribution in [0.5, 0.6) is 0 Å². The molecule has 2 unspecified atom stereocenters. The van der Waals surface area contributed by atoms with Gasteiger partial charge in [-0.1, -0.05) is 0 Å². The molecule has 1 aliphatic heterocycles. The highest BCUT2D eigenvalue weighted by Gasteiger charge is 2.23. The quantitative estimate of drug-likeness (QED) is 0.607. The second kappa shape index (κ2) is 6.35. The van der Waals surface area contributed by atoms with E-state index in [-0.39, 0.29) is 18.8 Å². The van der Waals surface area contributed by atoms with E-state index in [2.05, 4.69) is 11.8 Å². The normalized spacial score (nSPS) is 29.4. The van der Waals surface area contributed by atoms with Crippen LogP contribution in [0.15, 0.2) is 0 Å². The maximum absolute atomic E-state index is 9.03. The molecule has 0 aromatic rings. The molecule has 4 nitrogen and oxygen atoms in total. The number of aliphatic hydroxyl groups is 1. The molecule has 2 atom stereocenters. The van der Waals surface area contributed by atoms with Crippen LogP contribution in [-0.2, 0) is 4.74 Å². The first-order valence-corrected chi connectivity index (χ1v) is 5.45. The minimum absolute atomic E-state index is 0.00312. The molecule has 1 fully saturated rings. The van der Waals surface area contributed by atoms with E-state index < -0.39 is 0 Å². The molecular formula is C10H22N2O2. The molecule has 1 saturated heterocycles. The van der Waals surface area contributed by atoms with E-state index in [1.54, 1.807) is 0 Å². The number of nitrogens with two attached hydrogens (primary N) is 1. The topological polar surface area (TPSA) is 58.7 Å². The summed E-state index contributed by atoms with van der Waals surface area (Å²) in [6, 6.07) is 0. The zero-order chi connectivity index (χ0) is 10.4. The Bertz CT molecular complexity index is 155. The van der Waals surface area contributed by atoms with E-state index in [1.807, 2.05) is 0 Å². The molecule has 0 aliphatic carbocycles. The number of ether oxygens (including phenoxy) is 1. The smallest absolute Gasteiger partial charge is 0.0936 e. The molecule has 14 heavy (non-hydrogen) atoms. The zero-order valence-corrected chi connectivity index (χ0v) is 8.98. The second-order valence-electron chi connectivity index (χ2n) is 4.01. The van der Waals surface area contributed by atoms with Gasteiger partial charge in [-0.3, -0.25) is 4.90 Å². The lowest BCUT2D eigenvalue weighted by Gasteiger charge is -2.36. The van der Waals surface area contributed by atoms with Gasteiger partial charge in [-0.15, -0.1) is 0 Å². The molecule has 0 spiro atoms. The van der Waals surface area contributed by atoms with Gasteiger partial charge in [0.15, 0.2) is 0 Å². The highest BCUT2D eigenvalue weighted by molar-refractivity contribution is 4.75. The Morgan fingerprint density at radius 2 is 2.21 bits per heavy atom. The SMILES string of the molecule is CC1CN(CCCCN)CC(CO)O1. The summed E-state index contributed by atoms with van der Waals surface area (Å²) in [6.07, 6.45) is 2.45. The van der Waals surface area contributed by atoms with Gasteiger partial charge in [0.1, 0.15) is 0 Å². The van der Waals surface area contributed by atoms with Gasteiger partial charge < -0.3 is 15.6 Å². The summed E-state index contributed by atoms with van der Waals surface area (Å²) in [5, 5.41) is 9.03. The Balaban J connectivity index is 2.23. The molecule has 0 saturated carbocycles. The molecule has 1 aliphatic rings. The average Bonchev–Trinajstić information content (AvgIpc) is 2.17. The Labute approximate surface area is 86.0 Å². The summed E-state index contributed by atoms with van der Waals surface area (Å²) in [7, 11) is 0. The van der Waals surface area contributed by atoms with Crippen LogP contribution in [0.3, 0.4) is 0 Å². The molecule has 0 aromatic heterocycles.